The fourth-order valence-electron chi connectivity index (χ4n) is 1.93. The Labute approximate surface area is 108 Å². The third kappa shape index (κ3) is 2.59. The lowest BCUT2D eigenvalue weighted by molar-refractivity contribution is 0.670. The highest BCUT2D eigenvalue weighted by Gasteiger charge is 2.08. The molecule has 0 aliphatic carbocycles. The molecule has 18 heavy (non-hydrogen) atoms. The Balaban J connectivity index is 2.30. The Hall–Kier alpha value is -1.68. The Morgan fingerprint density at radius 2 is 2.17 bits per heavy atom. The fourth-order valence-corrected chi connectivity index (χ4v) is 1.93. The molecule has 1 N–H and O–H groups in total. The van der Waals surface area contributed by atoms with Crippen LogP contribution < -0.4 is 5.32 Å². The van der Waals surface area contributed by atoms with Crippen molar-refractivity contribution in [3.8, 4) is 5.69 Å². The van der Waals surface area contributed by atoms with Crippen LogP contribution in [0.4, 0.5) is 0 Å². The van der Waals surface area contributed by atoms with Crippen LogP contribution in [0.5, 0.6) is 0 Å². The predicted octanol–water partition coefficient (Wildman–Crippen LogP) is 2.38. The predicted molar refractivity (Wildman–Crippen MR) is 72.8 cm³/mol. The van der Waals surface area contributed by atoms with Crippen molar-refractivity contribution in [3.63, 3.8) is 0 Å². The number of hydrogen-bond donors (Lipinski definition) is 1. The van der Waals surface area contributed by atoms with Crippen LogP contribution in [-0.2, 0) is 6.54 Å². The van der Waals surface area contributed by atoms with Gasteiger partial charge in [-0.15, -0.1) is 0 Å². The smallest absolute Gasteiger partial charge is 0.0997 e. The first-order valence-electron chi connectivity index (χ1n) is 6.38. The molecule has 2 heterocycles. The van der Waals surface area contributed by atoms with Crippen molar-refractivity contribution in [2.24, 2.45) is 0 Å². The van der Waals surface area contributed by atoms with Gasteiger partial charge in [-0.25, -0.2) is 4.98 Å². The van der Waals surface area contributed by atoms with Gasteiger partial charge in [-0.2, -0.15) is 0 Å². The summed E-state index contributed by atoms with van der Waals surface area (Å²) in [6.07, 6.45) is 6.77. The lowest BCUT2D eigenvalue weighted by atomic mass is 10.2. The summed E-state index contributed by atoms with van der Waals surface area (Å²) in [4.78, 5) is 8.56. The van der Waals surface area contributed by atoms with Gasteiger partial charge in [-0.3, -0.25) is 4.98 Å². The number of nitrogens with one attached hydrogen (secondary N) is 1. The number of nitrogens with zero attached hydrogens (tertiary/aromatic N) is 3. The number of hydrogen-bond acceptors (Lipinski definition) is 3. The lowest BCUT2D eigenvalue weighted by Crippen LogP contribution is -2.16. The van der Waals surface area contributed by atoms with Gasteiger partial charge in [0, 0.05) is 30.2 Å². The molecule has 0 saturated carbocycles. The summed E-state index contributed by atoms with van der Waals surface area (Å²) in [6, 6.07) is 2.04. The Morgan fingerprint density at radius 3 is 2.83 bits per heavy atom. The highest BCUT2D eigenvalue weighted by molar-refractivity contribution is 5.41. The number of aromatic nitrogens is 3. The van der Waals surface area contributed by atoms with E-state index in [1.54, 1.807) is 0 Å². The van der Waals surface area contributed by atoms with Crippen molar-refractivity contribution in [2.45, 2.75) is 33.7 Å². The van der Waals surface area contributed by atoms with E-state index < -0.39 is 0 Å². The summed E-state index contributed by atoms with van der Waals surface area (Å²) in [5.74, 6) is 0. The standard InChI is InChI=1S/C14H20N4/c1-4-6-15-8-13-9-16-7-5-14(13)18-10-17-11(2)12(18)3/h5,7,9-10,15H,4,6,8H2,1-3H3. The zero-order valence-corrected chi connectivity index (χ0v) is 11.3. The molecule has 2 rings (SSSR count). The van der Waals surface area contributed by atoms with Crippen molar-refractivity contribution < 1.29 is 0 Å². The van der Waals surface area contributed by atoms with Crippen molar-refractivity contribution in [1.29, 1.82) is 0 Å². The molecule has 0 spiro atoms. The van der Waals surface area contributed by atoms with E-state index in [0.717, 1.165) is 30.9 Å². The third-order valence-electron chi connectivity index (χ3n) is 3.13. The monoisotopic (exact) mass is 244 g/mol. The quantitative estimate of drug-likeness (QED) is 0.821. The minimum Gasteiger partial charge on any atom is -0.313 e. The van der Waals surface area contributed by atoms with Crippen LogP contribution >= 0.6 is 0 Å². The molecule has 96 valence electrons. The topological polar surface area (TPSA) is 42.7 Å². The van der Waals surface area contributed by atoms with Crippen LogP contribution in [0, 0.1) is 13.8 Å². The van der Waals surface area contributed by atoms with Gasteiger partial charge >= 0.3 is 0 Å². The van der Waals surface area contributed by atoms with Crippen LogP contribution in [0.25, 0.3) is 5.69 Å². The molecule has 0 aromatic carbocycles. The number of imidazole rings is 1. The van der Waals surface area contributed by atoms with Gasteiger partial charge in [-0.05, 0) is 32.9 Å². The molecule has 4 heteroatoms. The van der Waals surface area contributed by atoms with Crippen LogP contribution in [0.2, 0.25) is 0 Å². The average Bonchev–Trinajstić information content (AvgIpc) is 2.71. The highest BCUT2D eigenvalue weighted by Crippen LogP contribution is 2.17. The summed E-state index contributed by atoms with van der Waals surface area (Å²) in [7, 11) is 0. The summed E-state index contributed by atoms with van der Waals surface area (Å²) >= 11 is 0. The van der Waals surface area contributed by atoms with Gasteiger partial charge < -0.3 is 9.88 Å². The summed E-state index contributed by atoms with van der Waals surface area (Å²) in [5, 5.41) is 3.41. The van der Waals surface area contributed by atoms with Crippen molar-refractivity contribution in [2.75, 3.05) is 6.54 Å². The maximum absolute atomic E-state index is 4.35. The SMILES string of the molecule is CCCNCc1cnccc1-n1cnc(C)c1C. The molecule has 0 aliphatic heterocycles. The second-order valence-corrected chi connectivity index (χ2v) is 4.47. The molecule has 0 atom stereocenters. The van der Waals surface area contributed by atoms with E-state index in [1.807, 2.05) is 31.7 Å². The maximum atomic E-state index is 4.35. The maximum Gasteiger partial charge on any atom is 0.0997 e. The first kappa shape index (κ1) is 12.8. The largest absolute Gasteiger partial charge is 0.313 e. The van der Waals surface area contributed by atoms with Crippen molar-refractivity contribution >= 4 is 0 Å². The number of pyridine rings is 1. The Kier molecular flexibility index (Phi) is 4.10. The van der Waals surface area contributed by atoms with Gasteiger partial charge in [0.1, 0.15) is 0 Å². The van der Waals surface area contributed by atoms with Gasteiger partial charge in [0.25, 0.3) is 0 Å². The van der Waals surface area contributed by atoms with E-state index in [-0.39, 0.29) is 0 Å². The van der Waals surface area contributed by atoms with E-state index >= 15 is 0 Å². The first-order chi connectivity index (χ1) is 8.74. The Bertz CT molecular complexity index is 516. The zero-order chi connectivity index (χ0) is 13.0. The van der Waals surface area contributed by atoms with Gasteiger partial charge in [-0.1, -0.05) is 6.92 Å². The zero-order valence-electron chi connectivity index (χ0n) is 11.3. The minimum absolute atomic E-state index is 0.841. The molecule has 4 nitrogen and oxygen atoms in total. The second-order valence-electron chi connectivity index (χ2n) is 4.47. The molecule has 2 aromatic heterocycles. The number of aryl methyl sites for hydroxylation is 1. The summed E-state index contributed by atoms with van der Waals surface area (Å²) < 4.78 is 2.12. The molecule has 0 aliphatic rings. The molecule has 0 fully saturated rings. The molecule has 0 bridgehead atoms. The van der Waals surface area contributed by atoms with Crippen LogP contribution in [0.3, 0.4) is 0 Å². The minimum atomic E-state index is 0.841. The molecule has 0 unspecified atom stereocenters. The van der Waals surface area contributed by atoms with E-state index in [2.05, 4.69) is 33.7 Å². The van der Waals surface area contributed by atoms with Gasteiger partial charge in [0.15, 0.2) is 0 Å². The normalized spacial score (nSPS) is 10.8. The lowest BCUT2D eigenvalue weighted by Gasteiger charge is -2.12. The average molecular weight is 244 g/mol. The molecule has 0 saturated heterocycles. The van der Waals surface area contributed by atoms with Crippen LogP contribution in [-0.4, -0.2) is 21.1 Å². The molecular weight excluding hydrogens is 224 g/mol. The van der Waals surface area contributed by atoms with Crippen molar-refractivity contribution in [1.82, 2.24) is 19.9 Å². The molecule has 2 aromatic rings. The number of rotatable bonds is 5. The van der Waals surface area contributed by atoms with Crippen LogP contribution in [0.15, 0.2) is 24.8 Å². The van der Waals surface area contributed by atoms with Gasteiger partial charge in [0.05, 0.1) is 17.7 Å². The first-order valence-corrected chi connectivity index (χ1v) is 6.38. The van der Waals surface area contributed by atoms with E-state index in [0.29, 0.717) is 0 Å². The second kappa shape index (κ2) is 5.78. The molecular formula is C14H20N4. The molecule has 0 radical (unpaired) electrons. The fraction of sp³-hybridized carbons (Fsp3) is 0.429. The van der Waals surface area contributed by atoms with Gasteiger partial charge in [0.2, 0.25) is 0 Å². The third-order valence-corrected chi connectivity index (χ3v) is 3.13. The molecule has 0 amide bonds. The van der Waals surface area contributed by atoms with E-state index in [1.165, 1.54) is 11.3 Å². The van der Waals surface area contributed by atoms with E-state index in [9.17, 15) is 0 Å². The Morgan fingerprint density at radius 1 is 1.33 bits per heavy atom. The van der Waals surface area contributed by atoms with Crippen LogP contribution in [0.1, 0.15) is 30.3 Å². The summed E-state index contributed by atoms with van der Waals surface area (Å²) in [6.45, 7) is 8.15. The van der Waals surface area contributed by atoms with E-state index in [4.69, 9.17) is 0 Å². The highest BCUT2D eigenvalue weighted by atomic mass is 15.1. The summed E-state index contributed by atoms with van der Waals surface area (Å²) in [5.41, 5.74) is 4.61. The van der Waals surface area contributed by atoms with Crippen molar-refractivity contribution in [3.05, 3.63) is 41.7 Å².